The Labute approximate surface area is 149 Å². The standard InChI is InChI=1S/C18H17ClN2O2S/c1-11-7-8-14(19)17-16(11)21(2)18(24-17)20-15(22)10-12-5-4-6-13(9-12)23-3/h4-9H,10H2,1-3H3. The Morgan fingerprint density at radius 1 is 1.33 bits per heavy atom. The summed E-state index contributed by atoms with van der Waals surface area (Å²) in [7, 11) is 3.51. The van der Waals surface area contributed by atoms with Crippen molar-refractivity contribution in [3.63, 3.8) is 0 Å². The van der Waals surface area contributed by atoms with Crippen LogP contribution in [0.25, 0.3) is 10.2 Å². The Balaban J connectivity index is 1.97. The average molecular weight is 361 g/mol. The summed E-state index contributed by atoms with van der Waals surface area (Å²) in [4.78, 5) is 17.3. The van der Waals surface area contributed by atoms with E-state index in [2.05, 4.69) is 4.99 Å². The Bertz CT molecular complexity index is 988. The van der Waals surface area contributed by atoms with Gasteiger partial charge in [-0.15, -0.1) is 0 Å². The van der Waals surface area contributed by atoms with Gasteiger partial charge in [0, 0.05) is 7.05 Å². The molecular weight excluding hydrogens is 344 g/mol. The van der Waals surface area contributed by atoms with Crippen molar-refractivity contribution in [1.82, 2.24) is 4.57 Å². The van der Waals surface area contributed by atoms with Crippen molar-refractivity contribution in [2.75, 3.05) is 7.11 Å². The minimum absolute atomic E-state index is 0.195. The van der Waals surface area contributed by atoms with Crippen LogP contribution in [-0.4, -0.2) is 17.6 Å². The maximum Gasteiger partial charge on any atom is 0.252 e. The molecule has 0 aliphatic carbocycles. The van der Waals surface area contributed by atoms with E-state index in [-0.39, 0.29) is 12.3 Å². The zero-order valence-electron chi connectivity index (χ0n) is 13.7. The molecule has 1 aromatic heterocycles. The van der Waals surface area contributed by atoms with Crippen LogP contribution in [0, 0.1) is 6.92 Å². The third-order valence-electron chi connectivity index (χ3n) is 3.81. The molecule has 3 aromatic rings. The fourth-order valence-corrected chi connectivity index (χ4v) is 4.00. The number of carbonyl (C=O) groups excluding carboxylic acids is 1. The molecule has 0 aliphatic heterocycles. The normalized spacial score (nSPS) is 11.9. The second kappa shape index (κ2) is 6.79. The van der Waals surface area contributed by atoms with Gasteiger partial charge >= 0.3 is 0 Å². The number of fused-ring (bicyclic) bond motifs is 1. The molecule has 0 radical (unpaired) electrons. The smallest absolute Gasteiger partial charge is 0.252 e. The molecular formula is C18H17ClN2O2S. The molecule has 0 saturated carbocycles. The maximum atomic E-state index is 12.3. The van der Waals surface area contributed by atoms with E-state index in [0.717, 1.165) is 27.1 Å². The van der Waals surface area contributed by atoms with Gasteiger partial charge in [0.2, 0.25) is 0 Å². The monoisotopic (exact) mass is 360 g/mol. The van der Waals surface area contributed by atoms with Crippen molar-refractivity contribution in [3.05, 3.63) is 57.3 Å². The molecule has 2 aromatic carbocycles. The van der Waals surface area contributed by atoms with Gasteiger partial charge in [-0.3, -0.25) is 4.79 Å². The predicted octanol–water partition coefficient (Wildman–Crippen LogP) is 3.88. The number of benzene rings is 2. The lowest BCUT2D eigenvalue weighted by Gasteiger charge is -2.02. The summed E-state index contributed by atoms with van der Waals surface area (Å²) in [5.74, 6) is 0.536. The molecule has 4 nitrogen and oxygen atoms in total. The number of rotatable bonds is 3. The molecule has 1 amide bonds. The van der Waals surface area contributed by atoms with Gasteiger partial charge in [0.1, 0.15) is 5.75 Å². The van der Waals surface area contributed by atoms with E-state index in [9.17, 15) is 4.79 Å². The summed E-state index contributed by atoms with van der Waals surface area (Å²) in [5.41, 5.74) is 3.00. The molecule has 0 N–H and O–H groups in total. The van der Waals surface area contributed by atoms with Crippen molar-refractivity contribution in [2.45, 2.75) is 13.3 Å². The van der Waals surface area contributed by atoms with Crippen molar-refractivity contribution in [3.8, 4) is 5.75 Å². The van der Waals surface area contributed by atoms with Gasteiger partial charge in [0.05, 0.1) is 28.8 Å². The summed E-state index contributed by atoms with van der Waals surface area (Å²) in [6, 6.07) is 11.3. The number of ether oxygens (including phenoxy) is 1. The highest BCUT2D eigenvalue weighted by Crippen LogP contribution is 2.28. The minimum Gasteiger partial charge on any atom is -0.497 e. The third-order valence-corrected chi connectivity index (χ3v) is 5.40. The van der Waals surface area contributed by atoms with Crippen LogP contribution >= 0.6 is 22.9 Å². The van der Waals surface area contributed by atoms with Gasteiger partial charge in [-0.25, -0.2) is 0 Å². The lowest BCUT2D eigenvalue weighted by molar-refractivity contribution is -0.117. The topological polar surface area (TPSA) is 43.6 Å². The SMILES string of the molecule is COc1cccc(CC(=O)N=c2sc3c(Cl)ccc(C)c3n2C)c1. The van der Waals surface area contributed by atoms with Gasteiger partial charge < -0.3 is 9.30 Å². The molecule has 0 spiro atoms. The van der Waals surface area contributed by atoms with Gasteiger partial charge in [-0.1, -0.05) is 41.1 Å². The number of halogens is 1. The summed E-state index contributed by atoms with van der Waals surface area (Å²) >= 11 is 7.70. The first kappa shape index (κ1) is 16.7. The summed E-state index contributed by atoms with van der Waals surface area (Å²) in [6.07, 6.45) is 0.234. The molecule has 0 aliphatic rings. The quantitative estimate of drug-likeness (QED) is 0.711. The van der Waals surface area contributed by atoms with Crippen LogP contribution < -0.4 is 9.54 Å². The lowest BCUT2D eigenvalue weighted by atomic mass is 10.1. The molecule has 0 bridgehead atoms. The zero-order chi connectivity index (χ0) is 17.3. The fraction of sp³-hybridized carbons (Fsp3) is 0.222. The van der Waals surface area contributed by atoms with E-state index in [1.165, 1.54) is 11.3 Å². The first-order chi connectivity index (χ1) is 11.5. The van der Waals surface area contributed by atoms with E-state index in [4.69, 9.17) is 16.3 Å². The molecule has 124 valence electrons. The van der Waals surface area contributed by atoms with E-state index >= 15 is 0 Å². The first-order valence-corrected chi connectivity index (χ1v) is 8.64. The number of amides is 1. The number of carbonyl (C=O) groups is 1. The van der Waals surface area contributed by atoms with Crippen LogP contribution in [0.4, 0.5) is 0 Å². The second-order valence-electron chi connectivity index (χ2n) is 5.52. The molecule has 24 heavy (non-hydrogen) atoms. The van der Waals surface area contributed by atoms with Gasteiger partial charge in [0.25, 0.3) is 5.91 Å². The molecule has 1 heterocycles. The summed E-state index contributed by atoms with van der Waals surface area (Å²) in [6.45, 7) is 2.02. The van der Waals surface area contributed by atoms with Crippen LogP contribution in [0.5, 0.6) is 5.75 Å². The van der Waals surface area contributed by atoms with E-state index in [1.807, 2.05) is 54.9 Å². The van der Waals surface area contributed by atoms with Gasteiger partial charge in [-0.05, 0) is 36.2 Å². The highest BCUT2D eigenvalue weighted by molar-refractivity contribution is 7.17. The minimum atomic E-state index is -0.195. The predicted molar refractivity (Wildman–Crippen MR) is 97.8 cm³/mol. The number of hydrogen-bond acceptors (Lipinski definition) is 3. The zero-order valence-corrected chi connectivity index (χ0v) is 15.2. The number of aromatic nitrogens is 1. The van der Waals surface area contributed by atoms with Crippen LogP contribution in [-0.2, 0) is 18.3 Å². The Kier molecular flexibility index (Phi) is 4.73. The van der Waals surface area contributed by atoms with E-state index < -0.39 is 0 Å². The van der Waals surface area contributed by atoms with Crippen LogP contribution in [0.2, 0.25) is 5.02 Å². The Morgan fingerprint density at radius 2 is 2.12 bits per heavy atom. The van der Waals surface area contributed by atoms with Crippen LogP contribution in [0.15, 0.2) is 41.4 Å². The lowest BCUT2D eigenvalue weighted by Crippen LogP contribution is -2.14. The van der Waals surface area contributed by atoms with Gasteiger partial charge in [0.15, 0.2) is 4.80 Å². The van der Waals surface area contributed by atoms with E-state index in [0.29, 0.717) is 9.82 Å². The highest BCUT2D eigenvalue weighted by atomic mass is 35.5. The number of aryl methyl sites for hydroxylation is 2. The molecule has 3 rings (SSSR count). The van der Waals surface area contributed by atoms with Crippen LogP contribution in [0.1, 0.15) is 11.1 Å². The Morgan fingerprint density at radius 3 is 2.83 bits per heavy atom. The number of thiazole rings is 1. The molecule has 0 saturated heterocycles. The summed E-state index contributed by atoms with van der Waals surface area (Å²) < 4.78 is 8.05. The average Bonchev–Trinajstić information content (AvgIpc) is 2.89. The van der Waals surface area contributed by atoms with Crippen LogP contribution in [0.3, 0.4) is 0 Å². The van der Waals surface area contributed by atoms with Crippen molar-refractivity contribution < 1.29 is 9.53 Å². The highest BCUT2D eigenvalue weighted by Gasteiger charge is 2.10. The van der Waals surface area contributed by atoms with Gasteiger partial charge in [-0.2, -0.15) is 4.99 Å². The molecule has 0 fully saturated rings. The number of methoxy groups -OCH3 is 1. The number of nitrogens with zero attached hydrogens (tertiary/aromatic N) is 2. The summed E-state index contributed by atoms with van der Waals surface area (Å²) in [5, 5.41) is 0.679. The largest absolute Gasteiger partial charge is 0.497 e. The first-order valence-electron chi connectivity index (χ1n) is 7.44. The fourth-order valence-electron chi connectivity index (χ4n) is 2.62. The molecule has 0 atom stereocenters. The van der Waals surface area contributed by atoms with E-state index in [1.54, 1.807) is 7.11 Å². The molecule has 6 heteroatoms. The third kappa shape index (κ3) is 3.23. The maximum absolute atomic E-state index is 12.3. The second-order valence-corrected chi connectivity index (χ2v) is 6.90. The van der Waals surface area contributed by atoms with Crippen molar-refractivity contribution >= 4 is 39.1 Å². The van der Waals surface area contributed by atoms with Crippen molar-refractivity contribution in [2.24, 2.45) is 12.0 Å². The molecule has 0 unspecified atom stereocenters. The van der Waals surface area contributed by atoms with Crippen molar-refractivity contribution in [1.29, 1.82) is 0 Å². The number of hydrogen-bond donors (Lipinski definition) is 0. The Hall–Kier alpha value is -2.11.